The first-order valence-electron chi connectivity index (χ1n) is 28.2. The summed E-state index contributed by atoms with van der Waals surface area (Å²) in [5, 5.41) is 33.0. The van der Waals surface area contributed by atoms with E-state index in [1.54, 1.807) is 57.2 Å². The number of fused-ring (bicyclic) bond motifs is 5. The van der Waals surface area contributed by atoms with E-state index >= 15 is 4.39 Å². The van der Waals surface area contributed by atoms with Crippen LogP contribution in [0.4, 0.5) is 4.39 Å². The molecule has 1 unspecified atom stereocenters. The summed E-state index contributed by atoms with van der Waals surface area (Å²) >= 11 is 0. The predicted octanol–water partition coefficient (Wildman–Crippen LogP) is 3.59. The number of pyridine rings is 2. The molecule has 2 aromatic carbocycles. The summed E-state index contributed by atoms with van der Waals surface area (Å²) in [4.78, 5) is 149. The van der Waals surface area contributed by atoms with Gasteiger partial charge in [0, 0.05) is 85.9 Å². The number of ether oxygens (including phenoxy) is 1. The molecule has 0 saturated carbocycles. The number of nitrogens with one attached hydrogen (secondary N) is 4. The van der Waals surface area contributed by atoms with Gasteiger partial charge in [-0.1, -0.05) is 50.6 Å². The maximum Gasteiger partial charge on any atom is 0.343 e. The molecule has 21 nitrogen and oxygen atoms in total. The number of benzene rings is 2. The van der Waals surface area contributed by atoms with Crippen LogP contribution in [0, 0.1) is 24.6 Å². The first-order valence-corrected chi connectivity index (χ1v) is 28.2. The average molecular weight is 1130 g/mol. The van der Waals surface area contributed by atoms with Gasteiger partial charge in [-0.15, -0.1) is 0 Å². The molecule has 436 valence electrons. The van der Waals surface area contributed by atoms with Crippen molar-refractivity contribution in [2.45, 2.75) is 154 Å². The minimum atomic E-state index is -2.07. The Labute approximate surface area is 472 Å². The lowest BCUT2D eigenvalue weighted by Gasteiger charge is -2.31. The Bertz CT molecular complexity index is 3290. The first kappa shape index (κ1) is 60.3. The quantitative estimate of drug-likeness (QED) is 0.0237. The normalized spacial score (nSPS) is 18.5. The molecule has 6 N–H and O–H groups in total. The van der Waals surface area contributed by atoms with E-state index in [0.717, 1.165) is 5.56 Å². The molecule has 0 radical (unpaired) electrons. The lowest BCUT2D eigenvalue weighted by molar-refractivity contribution is -0.172. The predicted molar refractivity (Wildman–Crippen MR) is 293 cm³/mol. The third kappa shape index (κ3) is 13.4. The smallest absolute Gasteiger partial charge is 0.343 e. The van der Waals surface area contributed by atoms with Crippen molar-refractivity contribution >= 4 is 69.7 Å². The fourth-order valence-electron chi connectivity index (χ4n) is 11.5. The van der Waals surface area contributed by atoms with Gasteiger partial charge in [-0.3, -0.25) is 52.8 Å². The number of aliphatic hydroxyl groups excluding tert-OH is 1. The van der Waals surface area contributed by atoms with Crippen molar-refractivity contribution in [1.82, 2.24) is 35.7 Å². The number of Topliss-reactive ketones (excluding diaryl/α,β-unsaturated/α-hetero) is 3. The highest BCUT2D eigenvalue weighted by molar-refractivity contribution is 6.03. The number of esters is 1. The van der Waals surface area contributed by atoms with Crippen molar-refractivity contribution in [1.29, 1.82) is 0 Å². The fourth-order valence-corrected chi connectivity index (χ4v) is 11.5. The van der Waals surface area contributed by atoms with E-state index in [-0.39, 0.29) is 143 Å². The Balaban J connectivity index is 0.786. The largest absolute Gasteiger partial charge is 0.458 e. The van der Waals surface area contributed by atoms with E-state index in [1.165, 1.54) is 15.5 Å². The second kappa shape index (κ2) is 26.4. The Kier molecular flexibility index (Phi) is 19.4. The number of aromatic nitrogens is 2. The van der Waals surface area contributed by atoms with E-state index < -0.39 is 77.0 Å². The molecule has 3 aliphatic heterocycles. The van der Waals surface area contributed by atoms with E-state index in [4.69, 9.17) is 9.72 Å². The lowest BCUT2D eigenvalue weighted by Crippen LogP contribution is -2.50. The number of carbonyl (C=O) groups is 10. The summed E-state index contributed by atoms with van der Waals surface area (Å²) in [6.45, 7) is 3.51. The van der Waals surface area contributed by atoms with Crippen LogP contribution in [-0.4, -0.2) is 116 Å². The molecule has 0 bridgehead atoms. The van der Waals surface area contributed by atoms with Crippen molar-refractivity contribution in [3.63, 3.8) is 0 Å². The molecule has 5 heterocycles. The Morgan fingerprint density at radius 2 is 1.56 bits per heavy atom. The molecule has 5 atom stereocenters. The van der Waals surface area contributed by atoms with Gasteiger partial charge in [0.05, 0.1) is 54.8 Å². The fraction of sp³-hybridized carbons (Fsp3) is 0.500. The van der Waals surface area contributed by atoms with Crippen LogP contribution in [0.25, 0.3) is 22.3 Å². The summed E-state index contributed by atoms with van der Waals surface area (Å²) in [6, 6.07) is 9.71. The lowest BCUT2D eigenvalue weighted by atomic mass is 9.81. The monoisotopic (exact) mass is 1130 g/mol. The van der Waals surface area contributed by atoms with Crippen LogP contribution in [0.2, 0.25) is 0 Å². The van der Waals surface area contributed by atoms with Gasteiger partial charge in [-0.2, -0.15) is 0 Å². The summed E-state index contributed by atoms with van der Waals surface area (Å²) < 4.78 is 22.1. The highest BCUT2D eigenvalue weighted by Gasteiger charge is 2.46. The van der Waals surface area contributed by atoms with Gasteiger partial charge in [-0.05, 0) is 86.6 Å². The molecule has 1 aliphatic carbocycles. The minimum Gasteiger partial charge on any atom is -0.458 e. The second-order valence-corrected chi connectivity index (χ2v) is 21.9. The van der Waals surface area contributed by atoms with Gasteiger partial charge in [-0.25, -0.2) is 14.2 Å². The first-order chi connectivity index (χ1) is 39.2. The standard InChI is InChI=1S/C60H70FN7O14/c1-4-60(81)43-26-48-54-41(30-68(48)58(79)42(43)32-82-59(60)80)53-45(20-19-40-34(3)44(61)27-46(65-54)52(40)53)66-56(77)47(31-69)64-50(74)17-11-10-16-38(71)28-63-55(76)36(24-35-13-7-5-8-14-35)25-39(72)29-62-49(73)21-18-37(70)15-9-6-12-22-67-51(75)23-33(2)57(67)78/h5,7-8,13-14,26-27,33,36,45,47,69,81H,4,6,9-12,15-25,28-32H2,1-3H3,(H,62,73)(H,63,76)(H,64,74)(H,66,77)/t33?,36-,45+,47+,60+/m1/s1. The number of imide groups is 1. The zero-order valence-corrected chi connectivity index (χ0v) is 46.4. The van der Waals surface area contributed by atoms with Crippen LogP contribution in [-0.2, 0) is 84.3 Å². The molecular weight excluding hydrogens is 1060 g/mol. The number of carbonyl (C=O) groups excluding carboxylic acids is 10. The van der Waals surface area contributed by atoms with Gasteiger partial charge in [0.15, 0.2) is 17.2 Å². The number of hydrogen-bond acceptors (Lipinski definition) is 15. The van der Waals surface area contributed by atoms with Crippen LogP contribution in [0.15, 0.2) is 47.3 Å². The molecule has 1 saturated heterocycles. The molecule has 4 aliphatic rings. The Morgan fingerprint density at radius 3 is 2.28 bits per heavy atom. The van der Waals surface area contributed by atoms with E-state index in [1.807, 2.05) is 0 Å². The van der Waals surface area contributed by atoms with Crippen molar-refractivity contribution in [3.8, 4) is 11.4 Å². The number of aliphatic hydroxyl groups is 2. The molecule has 4 aromatic rings. The Morgan fingerprint density at radius 1 is 0.841 bits per heavy atom. The minimum absolute atomic E-state index is 0.00198. The van der Waals surface area contributed by atoms with Crippen LogP contribution in [0.1, 0.15) is 149 Å². The number of halogens is 1. The number of rotatable bonds is 28. The summed E-state index contributed by atoms with van der Waals surface area (Å²) in [6.07, 6.45) is 2.98. The number of likely N-dealkylation sites (tertiary alicyclic amines) is 1. The van der Waals surface area contributed by atoms with Gasteiger partial charge in [0.25, 0.3) is 5.56 Å². The van der Waals surface area contributed by atoms with Crippen LogP contribution in [0.5, 0.6) is 0 Å². The maximum atomic E-state index is 15.4. The number of cyclic esters (lactones) is 1. The number of hydrogen-bond donors (Lipinski definition) is 6. The average Bonchev–Trinajstić information content (AvgIpc) is 4.00. The maximum absolute atomic E-state index is 15.4. The van der Waals surface area contributed by atoms with E-state index in [2.05, 4.69) is 21.3 Å². The van der Waals surface area contributed by atoms with Gasteiger partial charge < -0.3 is 40.8 Å². The SMILES string of the molecule is CC[C@@]1(O)C(=O)OCc2c1cc1n(c2=O)Cc2c-1nc1cc(F)c(C)c3c1c2[C@@H](NC(=O)[C@H](CO)NC(=O)CCCCC(=O)CNC(=O)[C@@H](CC(=O)CNC(=O)CCC(=O)CCCCCN1C(=O)CC(C)C1=O)Cc1ccccc1)CC3. The van der Waals surface area contributed by atoms with Crippen LogP contribution < -0.4 is 26.8 Å². The van der Waals surface area contributed by atoms with Gasteiger partial charge >= 0.3 is 5.97 Å². The topological polar surface area (TPSA) is 307 Å². The highest BCUT2D eigenvalue weighted by Crippen LogP contribution is 2.46. The second-order valence-electron chi connectivity index (χ2n) is 21.9. The van der Waals surface area contributed by atoms with Crippen molar-refractivity contribution in [2.24, 2.45) is 11.8 Å². The molecule has 0 spiro atoms. The molecule has 6 amide bonds. The summed E-state index contributed by atoms with van der Waals surface area (Å²) in [5.41, 5.74) is 1.59. The molecule has 1 fully saturated rings. The summed E-state index contributed by atoms with van der Waals surface area (Å²) in [5.74, 6) is -6.10. The molecule has 8 rings (SSSR count). The van der Waals surface area contributed by atoms with E-state index in [0.29, 0.717) is 77.7 Å². The van der Waals surface area contributed by atoms with Gasteiger partial charge in [0.2, 0.25) is 35.4 Å². The van der Waals surface area contributed by atoms with Crippen molar-refractivity contribution in [3.05, 3.63) is 97.6 Å². The Hall–Kier alpha value is -7.85. The zero-order valence-electron chi connectivity index (χ0n) is 46.4. The van der Waals surface area contributed by atoms with E-state index in [9.17, 15) is 63.0 Å². The zero-order chi connectivity index (χ0) is 59.0. The summed E-state index contributed by atoms with van der Waals surface area (Å²) in [7, 11) is 0. The number of amides is 6. The molecule has 22 heteroatoms. The van der Waals surface area contributed by atoms with Gasteiger partial charge in [0.1, 0.15) is 24.2 Å². The van der Waals surface area contributed by atoms with Crippen molar-refractivity contribution in [2.75, 3.05) is 26.2 Å². The van der Waals surface area contributed by atoms with Crippen LogP contribution >= 0.6 is 0 Å². The number of nitrogens with zero attached hydrogens (tertiary/aromatic N) is 3. The number of ketones is 3. The third-order valence-electron chi connectivity index (χ3n) is 16.2. The molecule has 82 heavy (non-hydrogen) atoms. The molecular formula is C60H70FN7O14. The third-order valence-corrected chi connectivity index (χ3v) is 16.2. The number of unbranched alkanes of at least 4 members (excludes halogenated alkanes) is 3. The van der Waals surface area contributed by atoms with Crippen LogP contribution in [0.3, 0.4) is 0 Å². The van der Waals surface area contributed by atoms with Crippen molar-refractivity contribution < 1.29 is 67.3 Å². The highest BCUT2D eigenvalue weighted by atomic mass is 19.1. The number of aryl methyl sites for hydroxylation is 1. The molecule has 2 aromatic heterocycles.